The van der Waals surface area contributed by atoms with Crippen LogP contribution in [0.2, 0.25) is 0 Å². The quantitative estimate of drug-likeness (QED) is 0.722. The molecule has 0 radical (unpaired) electrons. The Hall–Kier alpha value is -2.10. The zero-order chi connectivity index (χ0) is 19.3. The number of rotatable bonds is 6. The molecule has 0 bridgehead atoms. The van der Waals surface area contributed by atoms with Crippen molar-refractivity contribution < 1.29 is 13.9 Å². The molecule has 3 heterocycles. The van der Waals surface area contributed by atoms with Crippen molar-refractivity contribution in [1.82, 2.24) is 9.91 Å². The third-order valence-corrected chi connectivity index (χ3v) is 5.68. The Bertz CT molecular complexity index is 805. The number of benzene rings is 1. The number of halogens is 1. The summed E-state index contributed by atoms with van der Waals surface area (Å²) in [7, 11) is 0. The van der Waals surface area contributed by atoms with E-state index in [9.17, 15) is 9.18 Å². The summed E-state index contributed by atoms with van der Waals surface area (Å²) in [6.45, 7) is 4.92. The van der Waals surface area contributed by atoms with Crippen molar-refractivity contribution in [3.8, 4) is 0 Å². The lowest BCUT2D eigenvalue weighted by Crippen LogP contribution is -2.38. The van der Waals surface area contributed by atoms with Gasteiger partial charge in [0, 0.05) is 38.1 Å². The van der Waals surface area contributed by atoms with E-state index in [0.29, 0.717) is 24.0 Å². The average molecular weight is 403 g/mol. The number of hydrogen-bond donors (Lipinski definition) is 0. The van der Waals surface area contributed by atoms with Crippen LogP contribution in [0.15, 0.2) is 39.4 Å². The monoisotopic (exact) mass is 403 g/mol. The Balaban J connectivity index is 1.33. The first-order chi connectivity index (χ1) is 13.7. The van der Waals surface area contributed by atoms with Gasteiger partial charge >= 0.3 is 0 Å². The lowest BCUT2D eigenvalue weighted by Gasteiger charge is -2.26. The molecule has 1 aromatic rings. The summed E-state index contributed by atoms with van der Waals surface area (Å²) in [6.07, 6.45) is 2.29. The summed E-state index contributed by atoms with van der Waals surface area (Å²) < 4.78 is 18.4. The number of amides is 1. The second kappa shape index (κ2) is 8.93. The van der Waals surface area contributed by atoms with E-state index in [0.717, 1.165) is 44.2 Å². The molecule has 0 N–H and O–H groups in total. The maximum atomic E-state index is 13.0. The molecule has 3 aliphatic rings. The van der Waals surface area contributed by atoms with Gasteiger partial charge in [0.15, 0.2) is 5.17 Å². The van der Waals surface area contributed by atoms with Crippen LogP contribution in [0.5, 0.6) is 0 Å². The Morgan fingerprint density at radius 1 is 1.14 bits per heavy atom. The van der Waals surface area contributed by atoms with Gasteiger partial charge in [-0.3, -0.25) is 14.7 Å². The van der Waals surface area contributed by atoms with Crippen molar-refractivity contribution in [2.75, 3.05) is 45.1 Å². The molecule has 0 spiro atoms. The minimum Gasteiger partial charge on any atom is -0.379 e. The number of nitrogens with zero attached hydrogens (tertiary/aromatic N) is 5. The molecular formula is C19H22FN5O2S. The summed E-state index contributed by atoms with van der Waals surface area (Å²) in [5.41, 5.74) is 1.01. The van der Waals surface area contributed by atoms with Gasteiger partial charge in [0.05, 0.1) is 13.2 Å². The fraction of sp³-hybridized carbons (Fsp3) is 0.474. The minimum absolute atomic E-state index is 0.216. The van der Waals surface area contributed by atoms with Gasteiger partial charge in [-0.15, -0.1) is 0 Å². The van der Waals surface area contributed by atoms with Crippen LogP contribution < -0.4 is 0 Å². The van der Waals surface area contributed by atoms with Crippen molar-refractivity contribution >= 4 is 34.9 Å². The van der Waals surface area contributed by atoms with Gasteiger partial charge in [-0.05, 0) is 24.1 Å². The first kappa shape index (κ1) is 19.2. The summed E-state index contributed by atoms with van der Waals surface area (Å²) >= 11 is 1.50. The highest BCUT2D eigenvalue weighted by atomic mass is 32.2. The largest absolute Gasteiger partial charge is 0.379 e. The van der Waals surface area contributed by atoms with Crippen LogP contribution >= 0.6 is 11.8 Å². The molecule has 1 saturated heterocycles. The first-order valence-electron chi connectivity index (χ1n) is 9.39. The van der Waals surface area contributed by atoms with E-state index < -0.39 is 5.92 Å². The van der Waals surface area contributed by atoms with Crippen molar-refractivity contribution in [3.05, 3.63) is 35.6 Å². The lowest BCUT2D eigenvalue weighted by atomic mass is 10.1. The van der Waals surface area contributed by atoms with Crippen LogP contribution in [-0.4, -0.2) is 78.2 Å². The molecule has 4 rings (SSSR count). The molecule has 28 heavy (non-hydrogen) atoms. The van der Waals surface area contributed by atoms with E-state index in [2.05, 4.69) is 20.0 Å². The molecule has 3 aliphatic heterocycles. The molecule has 9 heteroatoms. The fourth-order valence-electron chi connectivity index (χ4n) is 3.24. The molecular weight excluding hydrogens is 381 g/mol. The Morgan fingerprint density at radius 3 is 2.71 bits per heavy atom. The van der Waals surface area contributed by atoms with E-state index in [4.69, 9.17) is 4.74 Å². The smallest absolute Gasteiger partial charge is 0.264 e. The number of hydrazone groups is 1. The van der Waals surface area contributed by atoms with Crippen LogP contribution in [0.25, 0.3) is 0 Å². The van der Waals surface area contributed by atoms with E-state index in [1.807, 2.05) is 0 Å². The molecule has 0 saturated carbocycles. The van der Waals surface area contributed by atoms with Crippen LogP contribution in [0, 0.1) is 11.7 Å². The highest BCUT2D eigenvalue weighted by molar-refractivity contribution is 8.13. The van der Waals surface area contributed by atoms with Crippen LogP contribution in [0.4, 0.5) is 4.39 Å². The van der Waals surface area contributed by atoms with Gasteiger partial charge in [-0.25, -0.2) is 9.38 Å². The van der Waals surface area contributed by atoms with Crippen LogP contribution in [0.1, 0.15) is 5.56 Å². The minimum atomic E-state index is -0.489. The molecule has 1 aromatic carbocycles. The number of fused-ring (bicyclic) bond motifs is 1. The number of ether oxygens (including phenoxy) is 1. The Labute approximate surface area is 167 Å². The topological polar surface area (TPSA) is 69.9 Å². The van der Waals surface area contributed by atoms with Gasteiger partial charge in [-0.2, -0.15) is 10.1 Å². The van der Waals surface area contributed by atoms with Crippen molar-refractivity contribution in [2.24, 2.45) is 21.0 Å². The molecule has 0 aliphatic carbocycles. The average Bonchev–Trinajstić information content (AvgIpc) is 3.12. The number of carbonyl (C=O) groups is 1. The highest BCUT2D eigenvalue weighted by Gasteiger charge is 2.35. The maximum Gasteiger partial charge on any atom is 0.264 e. The van der Waals surface area contributed by atoms with Gasteiger partial charge in [0.25, 0.3) is 5.91 Å². The predicted molar refractivity (Wildman–Crippen MR) is 108 cm³/mol. The predicted octanol–water partition coefficient (Wildman–Crippen LogP) is 1.65. The normalized spacial score (nSPS) is 22.2. The highest BCUT2D eigenvalue weighted by Crippen LogP contribution is 2.22. The number of hydrogen-bond acceptors (Lipinski definition) is 7. The number of carbonyl (C=O) groups excluding carboxylic acids is 1. The third-order valence-electron chi connectivity index (χ3n) is 4.85. The summed E-state index contributed by atoms with van der Waals surface area (Å²) in [5.74, 6) is 0.504. The maximum absolute atomic E-state index is 13.0. The van der Waals surface area contributed by atoms with Gasteiger partial charge < -0.3 is 4.74 Å². The summed E-state index contributed by atoms with van der Waals surface area (Å²) in [4.78, 5) is 23.4. The SMILES string of the molecule is O=C1N=C(SCCN2CCOCC2)N=C2C1C=NN2CCc1ccc(F)cc1. The van der Waals surface area contributed by atoms with E-state index in [1.54, 1.807) is 23.4 Å². The Kier molecular flexibility index (Phi) is 6.13. The molecule has 1 fully saturated rings. The summed E-state index contributed by atoms with van der Waals surface area (Å²) in [5, 5.41) is 6.58. The van der Waals surface area contributed by atoms with Crippen molar-refractivity contribution in [2.45, 2.75) is 6.42 Å². The first-order valence-corrected chi connectivity index (χ1v) is 10.4. The fourth-order valence-corrected chi connectivity index (χ4v) is 4.08. The zero-order valence-electron chi connectivity index (χ0n) is 15.5. The number of amidine groups is 2. The van der Waals surface area contributed by atoms with Crippen molar-refractivity contribution in [3.63, 3.8) is 0 Å². The summed E-state index contributed by atoms with van der Waals surface area (Å²) in [6, 6.07) is 6.41. The van der Waals surface area contributed by atoms with E-state index in [-0.39, 0.29) is 11.7 Å². The number of thioether (sulfide) groups is 1. The molecule has 148 valence electrons. The Morgan fingerprint density at radius 2 is 1.93 bits per heavy atom. The number of morpholine rings is 1. The third kappa shape index (κ3) is 4.65. The van der Waals surface area contributed by atoms with Crippen LogP contribution in [0.3, 0.4) is 0 Å². The van der Waals surface area contributed by atoms with E-state index >= 15 is 0 Å². The van der Waals surface area contributed by atoms with Crippen LogP contribution in [-0.2, 0) is 16.0 Å². The molecule has 1 atom stereocenters. The number of aliphatic imine (C=N–C) groups is 2. The molecule has 7 nitrogen and oxygen atoms in total. The van der Waals surface area contributed by atoms with Gasteiger partial charge in [0.1, 0.15) is 17.6 Å². The zero-order valence-corrected chi connectivity index (χ0v) is 16.3. The second-order valence-corrected chi connectivity index (χ2v) is 7.81. The standard InChI is InChI=1S/C19H22FN5O2S/c20-15-3-1-14(2-4-15)5-6-25-17-16(13-21-25)18(26)23-19(22-17)28-12-9-24-7-10-27-11-8-24/h1-4,13,16H,5-12H2. The van der Waals surface area contributed by atoms with Gasteiger partial charge in [0.2, 0.25) is 0 Å². The second-order valence-electron chi connectivity index (χ2n) is 6.75. The van der Waals surface area contributed by atoms with Gasteiger partial charge in [-0.1, -0.05) is 23.9 Å². The van der Waals surface area contributed by atoms with Crippen molar-refractivity contribution in [1.29, 1.82) is 0 Å². The molecule has 0 aromatic heterocycles. The lowest BCUT2D eigenvalue weighted by molar-refractivity contribution is -0.118. The molecule has 1 unspecified atom stereocenters. The van der Waals surface area contributed by atoms with E-state index in [1.165, 1.54) is 23.9 Å². The molecule has 1 amide bonds.